The molecule has 4 aromatic rings. The van der Waals surface area contributed by atoms with Crippen molar-refractivity contribution in [1.82, 2.24) is 10.3 Å². The first kappa shape index (κ1) is 34.6. The second-order valence-electron chi connectivity index (χ2n) is 10.8. The molecule has 0 aliphatic rings. The van der Waals surface area contributed by atoms with E-state index >= 15 is 0 Å². The minimum absolute atomic E-state index is 0. The van der Waals surface area contributed by atoms with Crippen LogP contribution < -0.4 is 53.6 Å². The van der Waals surface area contributed by atoms with Gasteiger partial charge >= 0.3 is 29.6 Å². The number of carbonyl (C=O) groups is 2. The van der Waals surface area contributed by atoms with Crippen LogP contribution in [0.15, 0.2) is 64.8 Å². The molecule has 0 saturated heterocycles. The molecule has 44 heavy (non-hydrogen) atoms. The van der Waals surface area contributed by atoms with E-state index in [2.05, 4.69) is 10.3 Å². The summed E-state index contributed by atoms with van der Waals surface area (Å²) >= 11 is 0. The van der Waals surface area contributed by atoms with E-state index in [-0.39, 0.29) is 76.6 Å². The molecule has 0 N–H and O–H groups in total. The molecule has 0 bridgehead atoms. The predicted octanol–water partition coefficient (Wildman–Crippen LogP) is 2.23. The average Bonchev–Trinajstić information content (AvgIpc) is 3.41. The van der Waals surface area contributed by atoms with Gasteiger partial charge in [0.15, 0.2) is 17.3 Å². The van der Waals surface area contributed by atoms with E-state index in [1.54, 1.807) is 48.5 Å². The van der Waals surface area contributed by atoms with E-state index in [1.165, 1.54) is 13.2 Å². The van der Waals surface area contributed by atoms with Crippen LogP contribution >= 0.6 is 0 Å². The SMILES string of the molecule is COc1ccc(C(=O)/C(Cc2cc(OC(C)C)c(OC(C)C)c(OC(C)C)c2)=C(/C(=O)[O-])c2ccc3nonc3c2)cc1.[Na+]. The number of aromatic nitrogens is 2. The van der Waals surface area contributed by atoms with E-state index in [4.69, 9.17) is 23.6 Å². The van der Waals surface area contributed by atoms with Gasteiger partial charge in [-0.3, -0.25) is 4.79 Å². The maximum Gasteiger partial charge on any atom is 1.00 e. The Morgan fingerprint density at radius 3 is 1.84 bits per heavy atom. The summed E-state index contributed by atoms with van der Waals surface area (Å²) in [5.74, 6) is -0.211. The van der Waals surface area contributed by atoms with Gasteiger partial charge in [0.2, 0.25) is 5.75 Å². The van der Waals surface area contributed by atoms with Crippen LogP contribution in [0.25, 0.3) is 16.6 Å². The monoisotopic (exact) mass is 610 g/mol. The van der Waals surface area contributed by atoms with Gasteiger partial charge in [-0.05, 0) is 112 Å². The number of Topliss-reactive ketones (excluding diaryl/α,β-unsaturated/α-hetero) is 1. The summed E-state index contributed by atoms with van der Waals surface area (Å²) in [6.07, 6.45) is -0.662. The van der Waals surface area contributed by atoms with E-state index < -0.39 is 11.8 Å². The molecule has 0 unspecified atom stereocenters. The van der Waals surface area contributed by atoms with Crippen LogP contribution in [0.5, 0.6) is 23.0 Å². The van der Waals surface area contributed by atoms with Gasteiger partial charge in [-0.15, -0.1) is 0 Å². The van der Waals surface area contributed by atoms with Gasteiger partial charge in [0.25, 0.3) is 0 Å². The number of methoxy groups -OCH3 is 1. The summed E-state index contributed by atoms with van der Waals surface area (Å²) in [4.78, 5) is 26.9. The molecule has 0 radical (unpaired) electrons. The van der Waals surface area contributed by atoms with E-state index in [1.807, 2.05) is 41.5 Å². The third-order valence-corrected chi connectivity index (χ3v) is 6.21. The Kier molecular flexibility index (Phi) is 12.0. The number of hydrogen-bond acceptors (Lipinski definition) is 10. The summed E-state index contributed by atoms with van der Waals surface area (Å²) in [6.45, 7) is 11.3. The molecule has 0 saturated carbocycles. The number of aliphatic carboxylic acids is 1. The fourth-order valence-electron chi connectivity index (χ4n) is 4.52. The van der Waals surface area contributed by atoms with Crippen molar-refractivity contribution in [3.8, 4) is 23.0 Å². The van der Waals surface area contributed by atoms with Crippen molar-refractivity contribution in [1.29, 1.82) is 0 Å². The number of carboxylic acids is 1. The Hall–Kier alpha value is -3.86. The fourth-order valence-corrected chi connectivity index (χ4v) is 4.52. The van der Waals surface area contributed by atoms with E-state index in [0.29, 0.717) is 39.6 Å². The topological polar surface area (TPSA) is 133 Å². The number of nitrogens with zero attached hydrogens (tertiary/aromatic N) is 2. The second kappa shape index (κ2) is 15.2. The van der Waals surface area contributed by atoms with Gasteiger partial charge in [0.1, 0.15) is 16.8 Å². The zero-order valence-corrected chi connectivity index (χ0v) is 28.3. The van der Waals surface area contributed by atoms with Crippen LogP contribution in [0.2, 0.25) is 0 Å². The quantitative estimate of drug-likeness (QED) is 0.126. The first-order chi connectivity index (χ1) is 20.5. The Bertz CT molecular complexity index is 1610. The average molecular weight is 611 g/mol. The molecule has 4 rings (SSSR count). The zero-order valence-electron chi connectivity index (χ0n) is 26.3. The van der Waals surface area contributed by atoms with Crippen LogP contribution in [0.1, 0.15) is 63.0 Å². The van der Waals surface area contributed by atoms with Gasteiger partial charge < -0.3 is 28.8 Å². The molecule has 0 aliphatic heterocycles. The van der Waals surface area contributed by atoms with Crippen molar-refractivity contribution in [2.75, 3.05) is 7.11 Å². The van der Waals surface area contributed by atoms with Crippen LogP contribution in [0, 0.1) is 0 Å². The number of rotatable bonds is 13. The molecule has 0 amide bonds. The Labute approximate surface area is 278 Å². The molecular formula is C33H35N2NaO8. The number of benzene rings is 3. The largest absolute Gasteiger partial charge is 1.00 e. The Balaban J connectivity index is 0.00000529. The minimum atomic E-state index is -1.52. The van der Waals surface area contributed by atoms with Crippen LogP contribution in [0.3, 0.4) is 0 Å². The smallest absolute Gasteiger partial charge is 0.545 e. The maximum atomic E-state index is 14.1. The number of ketones is 1. The van der Waals surface area contributed by atoms with Crippen molar-refractivity contribution >= 4 is 28.4 Å². The zero-order chi connectivity index (χ0) is 31.3. The molecule has 3 aromatic carbocycles. The summed E-state index contributed by atoms with van der Waals surface area (Å²) in [7, 11) is 1.52. The van der Waals surface area contributed by atoms with E-state index in [9.17, 15) is 14.7 Å². The van der Waals surface area contributed by atoms with Gasteiger partial charge in [-0.2, -0.15) is 0 Å². The van der Waals surface area contributed by atoms with E-state index in [0.717, 1.165) is 0 Å². The van der Waals surface area contributed by atoms with Gasteiger partial charge in [-0.25, -0.2) is 4.63 Å². The predicted molar refractivity (Wildman–Crippen MR) is 158 cm³/mol. The summed E-state index contributed by atoms with van der Waals surface area (Å²) in [6, 6.07) is 14.5. The summed E-state index contributed by atoms with van der Waals surface area (Å²) < 4.78 is 28.4. The van der Waals surface area contributed by atoms with Gasteiger partial charge in [-0.1, -0.05) is 6.07 Å². The van der Waals surface area contributed by atoms with Crippen molar-refractivity contribution in [3.63, 3.8) is 0 Å². The van der Waals surface area contributed by atoms with Gasteiger partial charge in [0.05, 0.1) is 31.4 Å². The number of fused-ring (bicyclic) bond motifs is 1. The molecule has 0 fully saturated rings. The van der Waals surface area contributed by atoms with Crippen molar-refractivity contribution in [2.24, 2.45) is 0 Å². The maximum absolute atomic E-state index is 14.1. The van der Waals surface area contributed by atoms with Crippen molar-refractivity contribution in [3.05, 3.63) is 76.9 Å². The van der Waals surface area contributed by atoms with Crippen LogP contribution in [-0.4, -0.2) is 47.5 Å². The molecular weight excluding hydrogens is 575 g/mol. The normalized spacial score (nSPS) is 11.8. The number of carbonyl (C=O) groups excluding carboxylic acids is 2. The van der Waals surface area contributed by atoms with Crippen LogP contribution in [0.4, 0.5) is 0 Å². The first-order valence-electron chi connectivity index (χ1n) is 14.0. The number of carboxylic acid groups (broad SMARTS) is 1. The molecule has 226 valence electrons. The molecule has 10 nitrogen and oxygen atoms in total. The molecule has 0 spiro atoms. The fraction of sp³-hybridized carbons (Fsp3) is 0.333. The summed E-state index contributed by atoms with van der Waals surface area (Å²) in [5.41, 5.74) is 1.55. The third kappa shape index (κ3) is 8.40. The second-order valence-corrected chi connectivity index (χ2v) is 10.8. The molecule has 1 aromatic heterocycles. The van der Waals surface area contributed by atoms with Crippen molar-refractivity contribution in [2.45, 2.75) is 66.3 Å². The van der Waals surface area contributed by atoms with Crippen molar-refractivity contribution < 1.29 is 67.8 Å². The summed E-state index contributed by atoms with van der Waals surface area (Å²) in [5, 5.41) is 20.4. The third-order valence-electron chi connectivity index (χ3n) is 6.21. The Morgan fingerprint density at radius 1 is 0.773 bits per heavy atom. The molecule has 0 atom stereocenters. The molecule has 1 heterocycles. The molecule has 0 aliphatic carbocycles. The number of hydrogen-bond donors (Lipinski definition) is 0. The first-order valence-corrected chi connectivity index (χ1v) is 14.0. The minimum Gasteiger partial charge on any atom is -0.545 e. The standard InChI is InChI=1S/C33H36N2O8.Na/c1-18(2)40-28-15-21(16-29(41-19(3)4)32(28)42-20(5)6)14-25(31(36)22-8-11-24(39-7)12-9-22)30(33(37)38)23-10-13-26-27(17-23)35-43-34-26;/h8-13,15-20H,14H2,1-7H3,(H,37,38);/q;+1/p-1/b30-25+;. The van der Waals surface area contributed by atoms with Crippen LogP contribution in [-0.2, 0) is 11.2 Å². The molecule has 11 heteroatoms. The number of allylic oxidation sites excluding steroid dienone is 1. The Morgan fingerprint density at radius 2 is 1.32 bits per heavy atom. The van der Waals surface area contributed by atoms with Gasteiger partial charge in [0, 0.05) is 23.1 Å². The number of ether oxygens (including phenoxy) is 4.